The maximum Gasteiger partial charge on any atom is 0.209 e. The van der Waals surface area contributed by atoms with Crippen molar-refractivity contribution in [2.45, 2.75) is 19.8 Å². The average Bonchev–Trinajstić information content (AvgIpc) is 2.33. The number of ether oxygens (including phenoxy) is 1. The lowest BCUT2D eigenvalue weighted by molar-refractivity contribution is 0.121. The number of nitriles is 1. The fourth-order valence-electron chi connectivity index (χ4n) is 1.17. The Kier molecular flexibility index (Phi) is 11.3. The molecule has 0 bridgehead atoms. The van der Waals surface area contributed by atoms with Crippen LogP contribution < -0.4 is 10.6 Å². The molecule has 0 amide bonds. The molecule has 0 saturated heterocycles. The van der Waals surface area contributed by atoms with Gasteiger partial charge in [-0.15, -0.1) is 4.99 Å². The Hall–Kier alpha value is -1.32. The van der Waals surface area contributed by atoms with Gasteiger partial charge in [0, 0.05) is 19.6 Å². The van der Waals surface area contributed by atoms with Gasteiger partial charge in [0.25, 0.3) is 0 Å². The molecule has 18 heavy (non-hydrogen) atoms. The molecule has 0 unspecified atom stereocenters. The van der Waals surface area contributed by atoms with Crippen molar-refractivity contribution in [3.05, 3.63) is 0 Å². The molecule has 0 aromatic carbocycles. The molecule has 0 spiro atoms. The van der Waals surface area contributed by atoms with Crippen LogP contribution in [0.2, 0.25) is 0 Å². The van der Waals surface area contributed by atoms with Gasteiger partial charge in [-0.25, -0.2) is 0 Å². The van der Waals surface area contributed by atoms with E-state index in [-0.39, 0.29) is 0 Å². The maximum absolute atomic E-state index is 8.54. The molecule has 0 saturated carbocycles. The molecular formula is C12H25N5O. The second-order valence-corrected chi connectivity index (χ2v) is 4.18. The number of aliphatic imine (C=N–C) groups is 1. The van der Waals surface area contributed by atoms with E-state index in [4.69, 9.17) is 10.00 Å². The Labute approximate surface area is 110 Å². The molecule has 0 aromatic rings. The van der Waals surface area contributed by atoms with Gasteiger partial charge in [-0.3, -0.25) is 0 Å². The van der Waals surface area contributed by atoms with E-state index in [0.29, 0.717) is 25.7 Å². The Morgan fingerprint density at radius 2 is 2.00 bits per heavy atom. The standard InChI is InChI=1S/C12H25N5O/c1-4-5-6-14-12(16-11-13)15-7-9-18-10-8-17(2)3/h4-10H2,1-3H3,(H2,14,15,16). The molecular weight excluding hydrogens is 230 g/mol. The molecule has 0 aliphatic heterocycles. The Balaban J connectivity index is 3.59. The zero-order valence-corrected chi connectivity index (χ0v) is 11.7. The minimum atomic E-state index is 0.530. The maximum atomic E-state index is 8.54. The molecule has 0 atom stereocenters. The highest BCUT2D eigenvalue weighted by atomic mass is 16.5. The van der Waals surface area contributed by atoms with E-state index in [1.54, 1.807) is 6.19 Å². The minimum absolute atomic E-state index is 0.530. The molecule has 0 rings (SSSR count). The van der Waals surface area contributed by atoms with Crippen molar-refractivity contribution >= 4 is 5.96 Å². The summed E-state index contributed by atoms with van der Waals surface area (Å²) in [5.74, 6) is 0.530. The van der Waals surface area contributed by atoms with Gasteiger partial charge < -0.3 is 20.3 Å². The van der Waals surface area contributed by atoms with Crippen LogP contribution in [0.4, 0.5) is 0 Å². The van der Waals surface area contributed by atoms with Gasteiger partial charge in [0.05, 0.1) is 13.2 Å². The summed E-state index contributed by atoms with van der Waals surface area (Å²) >= 11 is 0. The van der Waals surface area contributed by atoms with Crippen LogP contribution in [0.1, 0.15) is 19.8 Å². The first kappa shape index (κ1) is 16.7. The predicted octanol–water partition coefficient (Wildman–Crippen LogP) is 0.381. The third-order valence-electron chi connectivity index (χ3n) is 2.21. The number of unbranched alkanes of at least 4 members (excludes halogenated alkanes) is 1. The van der Waals surface area contributed by atoms with Crippen molar-refractivity contribution in [3.8, 4) is 6.19 Å². The number of nitrogens with zero attached hydrogens (tertiary/aromatic N) is 3. The second kappa shape index (κ2) is 12.1. The zero-order chi connectivity index (χ0) is 13.6. The van der Waals surface area contributed by atoms with Crippen LogP contribution in [-0.2, 0) is 4.74 Å². The second-order valence-electron chi connectivity index (χ2n) is 4.18. The minimum Gasteiger partial charge on any atom is -0.378 e. The number of hydrogen-bond donors (Lipinski definition) is 2. The monoisotopic (exact) mass is 255 g/mol. The molecule has 6 nitrogen and oxygen atoms in total. The summed E-state index contributed by atoms with van der Waals surface area (Å²) in [4.78, 5) is 5.75. The number of nitrogens with one attached hydrogen (secondary N) is 2. The van der Waals surface area contributed by atoms with Crippen molar-refractivity contribution in [1.82, 2.24) is 15.5 Å². The van der Waals surface area contributed by atoms with E-state index in [1.165, 1.54) is 0 Å². The van der Waals surface area contributed by atoms with Crippen molar-refractivity contribution in [1.29, 1.82) is 5.26 Å². The van der Waals surface area contributed by atoms with E-state index in [0.717, 1.165) is 25.9 Å². The van der Waals surface area contributed by atoms with Gasteiger partial charge in [-0.05, 0) is 20.5 Å². The van der Waals surface area contributed by atoms with Crippen molar-refractivity contribution in [3.63, 3.8) is 0 Å². The van der Waals surface area contributed by atoms with Gasteiger partial charge >= 0.3 is 0 Å². The van der Waals surface area contributed by atoms with Gasteiger partial charge in [0.15, 0.2) is 0 Å². The van der Waals surface area contributed by atoms with Crippen molar-refractivity contribution in [2.24, 2.45) is 4.99 Å². The van der Waals surface area contributed by atoms with Crippen LogP contribution in [-0.4, -0.2) is 57.8 Å². The highest BCUT2D eigenvalue weighted by Gasteiger charge is 1.97. The third-order valence-corrected chi connectivity index (χ3v) is 2.21. The lowest BCUT2D eigenvalue weighted by atomic mass is 10.3. The SMILES string of the molecule is CCCCN/C(=N/C#N)NCCOCCN(C)C. The summed E-state index contributed by atoms with van der Waals surface area (Å²) in [6, 6.07) is 0. The van der Waals surface area contributed by atoms with Crippen molar-refractivity contribution in [2.75, 3.05) is 46.9 Å². The van der Waals surface area contributed by atoms with E-state index in [2.05, 4.69) is 27.4 Å². The normalized spacial score (nSPS) is 11.4. The molecule has 0 radical (unpaired) electrons. The molecule has 104 valence electrons. The largest absolute Gasteiger partial charge is 0.378 e. The first-order chi connectivity index (χ1) is 8.70. The third kappa shape index (κ3) is 11.2. The van der Waals surface area contributed by atoms with Gasteiger partial charge in [-0.2, -0.15) is 5.26 Å². The summed E-state index contributed by atoms with van der Waals surface area (Å²) in [6.07, 6.45) is 3.95. The molecule has 2 N–H and O–H groups in total. The topological polar surface area (TPSA) is 72.7 Å². The highest BCUT2D eigenvalue weighted by Crippen LogP contribution is 1.83. The molecule has 0 aromatic heterocycles. The van der Waals surface area contributed by atoms with E-state index in [1.807, 2.05) is 14.1 Å². The number of likely N-dealkylation sites (N-methyl/N-ethyl adjacent to an activating group) is 1. The van der Waals surface area contributed by atoms with E-state index in [9.17, 15) is 0 Å². The summed E-state index contributed by atoms with van der Waals surface area (Å²) in [5, 5.41) is 14.7. The number of rotatable bonds is 9. The fraction of sp³-hybridized carbons (Fsp3) is 0.833. The summed E-state index contributed by atoms with van der Waals surface area (Å²) in [5.41, 5.74) is 0. The molecule has 0 aliphatic rings. The van der Waals surface area contributed by atoms with Crippen LogP contribution in [0.3, 0.4) is 0 Å². The van der Waals surface area contributed by atoms with Crippen molar-refractivity contribution < 1.29 is 4.74 Å². The lowest BCUT2D eigenvalue weighted by Gasteiger charge is -2.12. The van der Waals surface area contributed by atoms with Crippen LogP contribution in [0.25, 0.3) is 0 Å². The van der Waals surface area contributed by atoms with Gasteiger partial charge in [0.1, 0.15) is 0 Å². The molecule has 0 fully saturated rings. The Morgan fingerprint density at radius 3 is 2.61 bits per heavy atom. The quantitative estimate of drug-likeness (QED) is 0.270. The van der Waals surface area contributed by atoms with E-state index < -0.39 is 0 Å². The van der Waals surface area contributed by atoms with Crippen LogP contribution >= 0.6 is 0 Å². The fourth-order valence-corrected chi connectivity index (χ4v) is 1.17. The smallest absolute Gasteiger partial charge is 0.209 e. The first-order valence-electron chi connectivity index (χ1n) is 6.37. The Bertz CT molecular complexity index is 260. The Morgan fingerprint density at radius 1 is 1.28 bits per heavy atom. The van der Waals surface area contributed by atoms with Crippen LogP contribution in [0, 0.1) is 11.5 Å². The lowest BCUT2D eigenvalue weighted by Crippen LogP contribution is -2.39. The summed E-state index contributed by atoms with van der Waals surface area (Å²) in [6.45, 7) is 5.82. The number of hydrogen-bond acceptors (Lipinski definition) is 4. The van der Waals surface area contributed by atoms with Gasteiger partial charge in [-0.1, -0.05) is 13.3 Å². The number of guanidine groups is 1. The molecule has 6 heteroatoms. The highest BCUT2D eigenvalue weighted by molar-refractivity contribution is 5.80. The van der Waals surface area contributed by atoms with Crippen LogP contribution in [0.5, 0.6) is 0 Å². The zero-order valence-electron chi connectivity index (χ0n) is 11.7. The summed E-state index contributed by atoms with van der Waals surface area (Å²) < 4.78 is 5.43. The summed E-state index contributed by atoms with van der Waals surface area (Å²) in [7, 11) is 4.02. The average molecular weight is 255 g/mol. The molecule has 0 aliphatic carbocycles. The van der Waals surface area contributed by atoms with E-state index >= 15 is 0 Å². The first-order valence-corrected chi connectivity index (χ1v) is 6.37. The van der Waals surface area contributed by atoms with Gasteiger partial charge in [0.2, 0.25) is 12.2 Å². The van der Waals surface area contributed by atoms with Crippen LogP contribution in [0.15, 0.2) is 4.99 Å². The predicted molar refractivity (Wildman–Crippen MR) is 73.3 cm³/mol. The molecule has 0 heterocycles.